The lowest BCUT2D eigenvalue weighted by atomic mass is 10.1. The third-order valence-corrected chi connectivity index (χ3v) is 5.35. The summed E-state index contributed by atoms with van der Waals surface area (Å²) in [5.74, 6) is -0.0467. The molecule has 2 rings (SSSR count). The van der Waals surface area contributed by atoms with E-state index in [1.807, 2.05) is 0 Å². The predicted octanol–water partition coefficient (Wildman–Crippen LogP) is 2.01. The molecule has 2 unspecified atom stereocenters. The van der Waals surface area contributed by atoms with Crippen molar-refractivity contribution < 1.29 is 12.8 Å². The van der Waals surface area contributed by atoms with Crippen LogP contribution in [-0.4, -0.2) is 21.5 Å². The van der Waals surface area contributed by atoms with Crippen LogP contribution >= 0.6 is 0 Å². The second kappa shape index (κ2) is 6.20. The third kappa shape index (κ3) is 3.37. The SMILES string of the molecule is CNCc1cc(S(=O)(=O)NC2CCCC2C)ccc1F. The van der Waals surface area contributed by atoms with Gasteiger partial charge in [0.2, 0.25) is 10.0 Å². The molecule has 1 aromatic rings. The number of nitrogens with one attached hydrogen (secondary N) is 2. The lowest BCUT2D eigenvalue weighted by molar-refractivity contribution is 0.476. The van der Waals surface area contributed by atoms with E-state index in [4.69, 9.17) is 0 Å². The average Bonchev–Trinajstić information content (AvgIpc) is 2.77. The fourth-order valence-electron chi connectivity index (χ4n) is 2.63. The first-order valence-electron chi connectivity index (χ1n) is 6.89. The Balaban J connectivity index is 2.22. The van der Waals surface area contributed by atoms with Crippen LogP contribution in [0.3, 0.4) is 0 Å². The zero-order valence-electron chi connectivity index (χ0n) is 11.8. The van der Waals surface area contributed by atoms with Crippen molar-refractivity contribution in [1.82, 2.24) is 10.0 Å². The number of hydrogen-bond donors (Lipinski definition) is 2. The molecule has 0 spiro atoms. The molecule has 1 aliphatic carbocycles. The molecule has 0 radical (unpaired) electrons. The van der Waals surface area contributed by atoms with Crippen molar-refractivity contribution in [1.29, 1.82) is 0 Å². The van der Waals surface area contributed by atoms with Crippen molar-refractivity contribution in [2.45, 2.75) is 43.7 Å². The maximum absolute atomic E-state index is 13.6. The van der Waals surface area contributed by atoms with Gasteiger partial charge in [-0.2, -0.15) is 0 Å². The van der Waals surface area contributed by atoms with E-state index in [9.17, 15) is 12.8 Å². The van der Waals surface area contributed by atoms with Gasteiger partial charge in [-0.15, -0.1) is 0 Å². The van der Waals surface area contributed by atoms with E-state index in [1.54, 1.807) is 7.05 Å². The minimum atomic E-state index is -3.58. The summed E-state index contributed by atoms with van der Waals surface area (Å²) in [6.45, 7) is 2.35. The molecule has 1 saturated carbocycles. The highest BCUT2D eigenvalue weighted by molar-refractivity contribution is 7.89. The van der Waals surface area contributed by atoms with Crippen LogP contribution < -0.4 is 10.0 Å². The third-order valence-electron chi connectivity index (χ3n) is 3.86. The number of sulfonamides is 1. The molecule has 6 heteroatoms. The van der Waals surface area contributed by atoms with Crippen molar-refractivity contribution in [3.63, 3.8) is 0 Å². The molecule has 1 fully saturated rings. The van der Waals surface area contributed by atoms with Gasteiger partial charge in [-0.3, -0.25) is 0 Å². The average molecular weight is 300 g/mol. The molecule has 2 N–H and O–H groups in total. The summed E-state index contributed by atoms with van der Waals surface area (Å²) in [5, 5.41) is 2.83. The number of benzene rings is 1. The monoisotopic (exact) mass is 300 g/mol. The van der Waals surface area contributed by atoms with E-state index in [-0.39, 0.29) is 10.9 Å². The molecule has 0 saturated heterocycles. The molecule has 2 atom stereocenters. The Kier molecular flexibility index (Phi) is 4.78. The fraction of sp³-hybridized carbons (Fsp3) is 0.571. The zero-order chi connectivity index (χ0) is 14.8. The summed E-state index contributed by atoms with van der Waals surface area (Å²) in [6, 6.07) is 3.90. The van der Waals surface area contributed by atoms with E-state index in [2.05, 4.69) is 17.0 Å². The van der Waals surface area contributed by atoms with Gasteiger partial charge in [-0.05, 0) is 44.0 Å². The molecule has 0 amide bonds. The normalized spacial score (nSPS) is 23.1. The molecule has 20 heavy (non-hydrogen) atoms. The first-order chi connectivity index (χ1) is 9.44. The minimum Gasteiger partial charge on any atom is -0.316 e. The van der Waals surface area contributed by atoms with Crippen LogP contribution in [0.15, 0.2) is 23.1 Å². The van der Waals surface area contributed by atoms with Crippen LogP contribution in [0.2, 0.25) is 0 Å². The molecule has 112 valence electrons. The molecular weight excluding hydrogens is 279 g/mol. The highest BCUT2D eigenvalue weighted by Gasteiger charge is 2.28. The lowest BCUT2D eigenvalue weighted by Gasteiger charge is -2.17. The molecule has 0 bridgehead atoms. The lowest BCUT2D eigenvalue weighted by Crippen LogP contribution is -2.36. The van der Waals surface area contributed by atoms with Crippen molar-refractivity contribution in [2.24, 2.45) is 5.92 Å². The molecule has 1 aliphatic rings. The predicted molar refractivity (Wildman–Crippen MR) is 76.3 cm³/mol. The highest BCUT2D eigenvalue weighted by atomic mass is 32.2. The molecule has 4 nitrogen and oxygen atoms in total. The van der Waals surface area contributed by atoms with Gasteiger partial charge in [0.1, 0.15) is 5.82 Å². The van der Waals surface area contributed by atoms with E-state index >= 15 is 0 Å². The van der Waals surface area contributed by atoms with Crippen LogP contribution in [0.1, 0.15) is 31.7 Å². The van der Waals surface area contributed by atoms with Crippen LogP contribution in [0, 0.1) is 11.7 Å². The topological polar surface area (TPSA) is 58.2 Å². The summed E-state index contributed by atoms with van der Waals surface area (Å²) in [7, 11) is -1.89. The van der Waals surface area contributed by atoms with Gasteiger partial charge in [0.25, 0.3) is 0 Å². The molecule has 1 aromatic carbocycles. The van der Waals surface area contributed by atoms with Gasteiger partial charge >= 0.3 is 0 Å². The van der Waals surface area contributed by atoms with Gasteiger partial charge in [0.15, 0.2) is 0 Å². The number of rotatable bonds is 5. The second-order valence-electron chi connectivity index (χ2n) is 5.42. The number of hydrogen-bond acceptors (Lipinski definition) is 3. The summed E-state index contributed by atoms with van der Waals surface area (Å²) in [4.78, 5) is 0.128. The van der Waals surface area contributed by atoms with Crippen molar-refractivity contribution >= 4 is 10.0 Å². The van der Waals surface area contributed by atoms with Gasteiger partial charge < -0.3 is 5.32 Å². The maximum atomic E-state index is 13.6. The standard InChI is InChI=1S/C14H21FN2O2S/c1-10-4-3-5-14(10)17-20(18,19)12-6-7-13(15)11(8-12)9-16-2/h6-8,10,14,16-17H,3-5,9H2,1-2H3. The smallest absolute Gasteiger partial charge is 0.240 e. The van der Waals surface area contributed by atoms with Crippen molar-refractivity contribution in [2.75, 3.05) is 7.05 Å². The van der Waals surface area contributed by atoms with Crippen LogP contribution in [-0.2, 0) is 16.6 Å². The van der Waals surface area contributed by atoms with Crippen LogP contribution in [0.25, 0.3) is 0 Å². The Morgan fingerprint density at radius 3 is 2.70 bits per heavy atom. The Bertz CT molecular complexity index is 575. The number of halogens is 1. The minimum absolute atomic E-state index is 0.0159. The first kappa shape index (κ1) is 15.4. The van der Waals surface area contributed by atoms with Crippen LogP contribution in [0.5, 0.6) is 0 Å². The largest absolute Gasteiger partial charge is 0.316 e. The van der Waals surface area contributed by atoms with Crippen LogP contribution in [0.4, 0.5) is 4.39 Å². The molecular formula is C14H21FN2O2S. The summed E-state index contributed by atoms with van der Waals surface area (Å²) in [5.41, 5.74) is 0.356. The Morgan fingerprint density at radius 2 is 2.10 bits per heavy atom. The van der Waals surface area contributed by atoms with E-state index in [0.717, 1.165) is 19.3 Å². The quantitative estimate of drug-likeness (QED) is 0.874. The molecule has 0 heterocycles. The van der Waals surface area contributed by atoms with Crippen molar-refractivity contribution in [3.05, 3.63) is 29.6 Å². The maximum Gasteiger partial charge on any atom is 0.240 e. The highest BCUT2D eigenvalue weighted by Crippen LogP contribution is 2.26. The van der Waals surface area contributed by atoms with E-state index in [1.165, 1.54) is 18.2 Å². The summed E-state index contributed by atoms with van der Waals surface area (Å²) < 4.78 is 41.0. The van der Waals surface area contributed by atoms with E-state index in [0.29, 0.717) is 18.0 Å². The molecule has 0 aliphatic heterocycles. The van der Waals surface area contributed by atoms with Gasteiger partial charge in [-0.1, -0.05) is 13.3 Å². The summed E-state index contributed by atoms with van der Waals surface area (Å²) in [6.07, 6.45) is 2.95. The Labute approximate surface area is 119 Å². The fourth-order valence-corrected chi connectivity index (χ4v) is 4.06. The zero-order valence-corrected chi connectivity index (χ0v) is 12.6. The Hall–Kier alpha value is -0.980. The first-order valence-corrected chi connectivity index (χ1v) is 8.37. The molecule has 0 aromatic heterocycles. The van der Waals surface area contributed by atoms with Gasteiger partial charge in [-0.25, -0.2) is 17.5 Å². The summed E-state index contributed by atoms with van der Waals surface area (Å²) >= 11 is 0. The van der Waals surface area contributed by atoms with E-state index < -0.39 is 15.8 Å². The van der Waals surface area contributed by atoms with Gasteiger partial charge in [0, 0.05) is 18.2 Å². The van der Waals surface area contributed by atoms with Gasteiger partial charge in [0.05, 0.1) is 4.90 Å². The second-order valence-corrected chi connectivity index (χ2v) is 7.13. The Morgan fingerprint density at radius 1 is 1.35 bits per heavy atom. The van der Waals surface area contributed by atoms with Crippen molar-refractivity contribution in [3.8, 4) is 0 Å².